The number of aliphatic carboxylic acids is 1. The van der Waals surface area contributed by atoms with Gasteiger partial charge in [-0.15, -0.1) is 0 Å². The fraction of sp³-hybridized carbons (Fsp3) is 0.917. The molecule has 2 unspecified atom stereocenters. The average Bonchev–Trinajstić information content (AvgIpc) is 2.57. The van der Waals surface area contributed by atoms with E-state index >= 15 is 0 Å². The number of aliphatic hydroxyl groups excluding tert-OH is 8. The van der Waals surface area contributed by atoms with Crippen molar-refractivity contribution in [3.8, 4) is 0 Å². The molecule has 0 amide bonds. The molecule has 0 aliphatic carbocycles. The van der Waals surface area contributed by atoms with E-state index in [9.17, 15) is 40.5 Å². The van der Waals surface area contributed by atoms with Gasteiger partial charge in [0.1, 0.15) is 48.8 Å². The monoisotopic (exact) mass is 396 g/mol. The number of carboxylic acid groups (broad SMARTS) is 1. The molecule has 0 aromatic rings. The van der Waals surface area contributed by atoms with Crippen molar-refractivity contribution < 1.29 is 112 Å². The molecule has 1 fully saturated rings. The minimum atomic E-state index is -2.50. The van der Waals surface area contributed by atoms with E-state index in [0.29, 0.717) is 0 Å². The molecule has 0 spiro atoms. The number of ether oxygens (including phenoxy) is 2. The fourth-order valence-electron chi connectivity index (χ4n) is 2.16. The first-order valence-electron chi connectivity index (χ1n) is 6.97. The zero-order valence-electron chi connectivity index (χ0n) is 13.3. The van der Waals surface area contributed by atoms with Gasteiger partial charge in [0.25, 0.3) is 0 Å². The van der Waals surface area contributed by atoms with Crippen LogP contribution in [0.4, 0.5) is 0 Å². The fourth-order valence-corrected chi connectivity index (χ4v) is 2.16. The summed E-state index contributed by atoms with van der Waals surface area (Å²) in [5, 5.41) is 86.3. The van der Waals surface area contributed by atoms with Crippen molar-refractivity contribution in [2.75, 3.05) is 13.2 Å². The van der Waals surface area contributed by atoms with Crippen molar-refractivity contribution in [1.82, 2.24) is 0 Å². The summed E-state index contributed by atoms with van der Waals surface area (Å²) in [7, 11) is 0. The van der Waals surface area contributed by atoms with Crippen LogP contribution in [0.2, 0.25) is 0 Å². The van der Waals surface area contributed by atoms with Crippen LogP contribution in [0.5, 0.6) is 0 Å². The number of hydrogen-bond acceptors (Lipinski definition) is 12. The van der Waals surface area contributed by atoms with Crippen LogP contribution in [0, 0.1) is 0 Å². The smallest absolute Gasteiger partial charge is 0.547 e. The Morgan fingerprint density at radius 2 is 1.64 bits per heavy atom. The predicted octanol–water partition coefficient (Wildman–Crippen LogP) is -10.00. The van der Waals surface area contributed by atoms with Gasteiger partial charge < -0.3 is 60.2 Å². The Morgan fingerprint density at radius 3 is 2.08 bits per heavy atom. The molecule has 0 radical (unpaired) electrons. The molecule has 142 valence electrons. The maximum absolute atomic E-state index is 10.6. The average molecular weight is 396 g/mol. The van der Waals surface area contributed by atoms with E-state index in [4.69, 9.17) is 19.7 Å². The molecular weight excluding hydrogens is 375 g/mol. The molecule has 1 rings (SSSR count). The van der Waals surface area contributed by atoms with Gasteiger partial charge in [0.15, 0.2) is 6.29 Å². The second-order valence-electron chi connectivity index (χ2n) is 5.30. The van der Waals surface area contributed by atoms with Gasteiger partial charge in [-0.1, -0.05) is 0 Å². The van der Waals surface area contributed by atoms with Crippen LogP contribution in [-0.4, -0.2) is 115 Å². The Morgan fingerprint density at radius 1 is 1.08 bits per heavy atom. The summed E-state index contributed by atoms with van der Waals surface area (Å²) in [6, 6.07) is 0. The van der Waals surface area contributed by atoms with Crippen molar-refractivity contribution >= 4 is 5.97 Å². The van der Waals surface area contributed by atoms with Crippen LogP contribution in [0.3, 0.4) is 0 Å². The van der Waals surface area contributed by atoms with Crippen molar-refractivity contribution in [2.45, 2.75) is 55.1 Å². The van der Waals surface area contributed by atoms with Crippen molar-refractivity contribution in [2.24, 2.45) is 0 Å². The topological polar surface area (TPSA) is 220 Å². The van der Waals surface area contributed by atoms with E-state index in [-0.39, 0.29) is 51.4 Å². The molecule has 0 aromatic heterocycles. The number of aliphatic hydroxyl groups is 8. The molecule has 1 heterocycles. The summed E-state index contributed by atoms with van der Waals surface area (Å²) >= 11 is 0. The number of hydrogen-bond donors (Lipinski definition) is 8. The van der Waals surface area contributed by atoms with Gasteiger partial charge in [-0.05, 0) is 0 Å². The summed E-state index contributed by atoms with van der Waals surface area (Å²) in [4.78, 5) is 10.6. The van der Waals surface area contributed by atoms with Gasteiger partial charge in [-0.3, -0.25) is 0 Å². The van der Waals surface area contributed by atoms with Gasteiger partial charge in [0.2, 0.25) is 0 Å². The predicted molar refractivity (Wildman–Crippen MR) is 68.8 cm³/mol. The number of rotatable bonds is 8. The van der Waals surface area contributed by atoms with E-state index in [0.717, 1.165) is 0 Å². The second-order valence-corrected chi connectivity index (χ2v) is 5.30. The second kappa shape index (κ2) is 11.5. The molecule has 0 aromatic carbocycles. The summed E-state index contributed by atoms with van der Waals surface area (Å²) < 4.78 is 9.94. The van der Waals surface area contributed by atoms with E-state index in [1.165, 1.54) is 0 Å². The van der Waals surface area contributed by atoms with Crippen molar-refractivity contribution in [1.29, 1.82) is 0 Å². The SMILES string of the molecule is O=C([O-])[C@H](O)[C@@H](O)[C@H](O[C@@H]1OC(CO)[C@@H](O)[C@H](O)C1O)[C@H](O)CO.[K+]. The van der Waals surface area contributed by atoms with E-state index in [1.54, 1.807) is 0 Å². The largest absolute Gasteiger partial charge is 1.00 e. The molecule has 1 aliphatic rings. The summed E-state index contributed by atoms with van der Waals surface area (Å²) in [6.07, 6.45) is -17.3. The van der Waals surface area contributed by atoms with Crippen molar-refractivity contribution in [3.63, 3.8) is 0 Å². The quantitative estimate of drug-likeness (QED) is 0.179. The van der Waals surface area contributed by atoms with Crippen LogP contribution < -0.4 is 56.5 Å². The van der Waals surface area contributed by atoms with E-state index in [2.05, 4.69) is 0 Å². The Bertz CT molecular complexity index is 410. The van der Waals surface area contributed by atoms with Gasteiger partial charge in [-0.2, -0.15) is 0 Å². The molecule has 25 heavy (non-hydrogen) atoms. The first kappa shape index (κ1) is 25.7. The molecule has 0 saturated carbocycles. The molecule has 0 bridgehead atoms. The molecule has 13 heteroatoms. The number of carbonyl (C=O) groups is 1. The normalized spacial score (nSPS) is 34.5. The van der Waals surface area contributed by atoms with Crippen LogP contribution in [-0.2, 0) is 14.3 Å². The third-order valence-corrected chi connectivity index (χ3v) is 3.61. The molecular formula is C12H21KO12. The van der Waals surface area contributed by atoms with Crippen LogP contribution in [0.1, 0.15) is 0 Å². The zero-order chi connectivity index (χ0) is 18.6. The first-order chi connectivity index (χ1) is 11.1. The van der Waals surface area contributed by atoms with E-state index in [1.807, 2.05) is 0 Å². The minimum Gasteiger partial charge on any atom is -0.547 e. The van der Waals surface area contributed by atoms with Crippen LogP contribution in [0.25, 0.3) is 0 Å². The number of carboxylic acids is 1. The Hall–Kier alpha value is 0.706. The third kappa shape index (κ3) is 6.37. The maximum Gasteiger partial charge on any atom is 1.00 e. The molecule has 9 atom stereocenters. The van der Waals surface area contributed by atoms with Crippen LogP contribution >= 0.6 is 0 Å². The Kier molecular flexibility index (Phi) is 11.9. The maximum atomic E-state index is 10.6. The zero-order valence-corrected chi connectivity index (χ0v) is 16.4. The standard InChI is InChI=1S/C12H22O12.K/c13-1-3(15)10(7(18)8(19)11(21)22)24-12-9(20)6(17)5(16)4(2-14)23-12;/h3-10,12-20H,1-2H2,(H,21,22);/q;+1/p-1/t3-,4?,5-,6+,7-,8-,9?,10-,12+;/m1./s1. The Balaban J connectivity index is 0.00000576. The first-order valence-corrected chi connectivity index (χ1v) is 6.97. The Labute approximate surface area is 184 Å². The molecule has 8 N–H and O–H groups in total. The van der Waals surface area contributed by atoms with Crippen molar-refractivity contribution in [3.05, 3.63) is 0 Å². The van der Waals surface area contributed by atoms with Gasteiger partial charge in [-0.25, -0.2) is 0 Å². The van der Waals surface area contributed by atoms with Gasteiger partial charge in [0, 0.05) is 0 Å². The third-order valence-electron chi connectivity index (χ3n) is 3.61. The summed E-state index contributed by atoms with van der Waals surface area (Å²) in [5.74, 6) is -2.09. The molecule has 12 nitrogen and oxygen atoms in total. The molecule has 1 aliphatic heterocycles. The van der Waals surface area contributed by atoms with Crippen LogP contribution in [0.15, 0.2) is 0 Å². The number of carbonyl (C=O) groups excluding carboxylic acids is 1. The van der Waals surface area contributed by atoms with E-state index < -0.39 is 74.3 Å². The molecule has 1 saturated heterocycles. The van der Waals surface area contributed by atoms with Gasteiger partial charge >= 0.3 is 51.4 Å². The summed E-state index contributed by atoms with van der Waals surface area (Å²) in [5.41, 5.74) is 0. The summed E-state index contributed by atoms with van der Waals surface area (Å²) in [6.45, 7) is -1.79. The minimum absolute atomic E-state index is 0. The van der Waals surface area contributed by atoms with Gasteiger partial charge in [0.05, 0.1) is 19.2 Å².